The van der Waals surface area contributed by atoms with Crippen molar-refractivity contribution in [3.8, 4) is 17.5 Å². The number of rotatable bonds is 5. The molecule has 0 bridgehead atoms. The monoisotopic (exact) mass is 337 g/mol. The number of para-hydroxylation sites is 1. The molecular formula is C18H15N3O2S. The van der Waals surface area contributed by atoms with Crippen LogP contribution in [0.3, 0.4) is 0 Å². The highest BCUT2D eigenvalue weighted by Gasteiger charge is 2.13. The molecule has 0 spiro atoms. The van der Waals surface area contributed by atoms with Gasteiger partial charge in [0.1, 0.15) is 5.75 Å². The molecule has 0 aliphatic carbocycles. The third-order valence-electron chi connectivity index (χ3n) is 3.52. The van der Waals surface area contributed by atoms with Crippen molar-refractivity contribution in [3.05, 3.63) is 58.9 Å². The van der Waals surface area contributed by atoms with Crippen LogP contribution in [0.1, 0.15) is 6.42 Å². The van der Waals surface area contributed by atoms with Crippen LogP contribution in [0.5, 0.6) is 5.75 Å². The molecule has 0 aliphatic heterocycles. The molecule has 0 amide bonds. The van der Waals surface area contributed by atoms with E-state index in [0.717, 1.165) is 11.4 Å². The summed E-state index contributed by atoms with van der Waals surface area (Å²) >= 11 is 1.40. The molecule has 1 aromatic heterocycles. The molecule has 0 aliphatic rings. The summed E-state index contributed by atoms with van der Waals surface area (Å²) in [7, 11) is 1.60. The molecule has 0 saturated carbocycles. The number of ether oxygens (including phenoxy) is 1. The van der Waals surface area contributed by atoms with E-state index in [2.05, 4.69) is 11.1 Å². The lowest BCUT2D eigenvalue weighted by Crippen LogP contribution is -2.21. The molecule has 2 aromatic carbocycles. The van der Waals surface area contributed by atoms with E-state index in [9.17, 15) is 4.79 Å². The van der Waals surface area contributed by atoms with Crippen LogP contribution in [0.15, 0.2) is 58.5 Å². The number of hydrogen-bond acceptors (Lipinski definition) is 5. The third kappa shape index (κ3) is 3.12. The van der Waals surface area contributed by atoms with Gasteiger partial charge in [0.05, 0.1) is 29.8 Å². The van der Waals surface area contributed by atoms with Gasteiger partial charge in [0.2, 0.25) is 0 Å². The first-order valence-electron chi connectivity index (χ1n) is 7.40. The van der Waals surface area contributed by atoms with Crippen LogP contribution in [0, 0.1) is 11.3 Å². The maximum Gasteiger partial charge on any atom is 0.266 e. The third-order valence-corrected chi connectivity index (χ3v) is 4.46. The van der Waals surface area contributed by atoms with Crippen molar-refractivity contribution in [2.24, 2.45) is 0 Å². The molecule has 5 nitrogen and oxygen atoms in total. The lowest BCUT2D eigenvalue weighted by atomic mass is 10.2. The van der Waals surface area contributed by atoms with Crippen LogP contribution >= 0.6 is 11.8 Å². The summed E-state index contributed by atoms with van der Waals surface area (Å²) in [5, 5.41) is 9.90. The highest BCUT2D eigenvalue weighted by Crippen LogP contribution is 2.23. The van der Waals surface area contributed by atoms with Gasteiger partial charge >= 0.3 is 0 Å². The molecule has 0 unspecified atom stereocenters. The molecule has 1 heterocycles. The Balaban J connectivity index is 2.18. The molecular weight excluding hydrogens is 322 g/mol. The van der Waals surface area contributed by atoms with Crippen molar-refractivity contribution >= 4 is 22.7 Å². The van der Waals surface area contributed by atoms with E-state index in [0.29, 0.717) is 28.2 Å². The van der Waals surface area contributed by atoms with Crippen molar-refractivity contribution in [2.75, 3.05) is 12.9 Å². The average molecular weight is 337 g/mol. The van der Waals surface area contributed by atoms with Gasteiger partial charge in [-0.15, -0.1) is 0 Å². The topological polar surface area (TPSA) is 67.9 Å². The van der Waals surface area contributed by atoms with Gasteiger partial charge < -0.3 is 4.74 Å². The van der Waals surface area contributed by atoms with E-state index in [1.807, 2.05) is 30.3 Å². The van der Waals surface area contributed by atoms with Crippen LogP contribution in [-0.4, -0.2) is 22.4 Å². The maximum atomic E-state index is 13.0. The number of benzene rings is 2. The predicted molar refractivity (Wildman–Crippen MR) is 94.8 cm³/mol. The first kappa shape index (κ1) is 16.1. The number of nitrogens with zero attached hydrogens (tertiary/aromatic N) is 3. The first-order valence-corrected chi connectivity index (χ1v) is 8.39. The normalized spacial score (nSPS) is 10.5. The fourth-order valence-corrected chi connectivity index (χ4v) is 3.21. The predicted octanol–water partition coefficient (Wildman–Crippen LogP) is 3.40. The minimum Gasteiger partial charge on any atom is -0.497 e. The number of hydrogen-bond donors (Lipinski definition) is 0. The highest BCUT2D eigenvalue weighted by molar-refractivity contribution is 7.99. The zero-order valence-electron chi connectivity index (χ0n) is 13.1. The fourth-order valence-electron chi connectivity index (χ4n) is 2.36. The summed E-state index contributed by atoms with van der Waals surface area (Å²) in [6.07, 6.45) is 0.399. The van der Waals surface area contributed by atoms with Crippen LogP contribution < -0.4 is 10.3 Å². The number of aromatic nitrogens is 2. The van der Waals surface area contributed by atoms with Gasteiger partial charge in [-0.3, -0.25) is 9.36 Å². The molecule has 24 heavy (non-hydrogen) atoms. The Kier molecular flexibility index (Phi) is 4.82. The molecule has 0 atom stereocenters. The van der Waals surface area contributed by atoms with Gasteiger partial charge in [0.25, 0.3) is 5.56 Å². The second-order valence-electron chi connectivity index (χ2n) is 5.01. The number of methoxy groups -OCH3 is 1. The zero-order valence-corrected chi connectivity index (χ0v) is 13.9. The molecule has 3 aromatic rings. The number of thioether (sulfide) groups is 1. The minimum atomic E-state index is -0.120. The number of nitriles is 1. The van der Waals surface area contributed by atoms with E-state index in [1.165, 1.54) is 11.8 Å². The Hall–Kier alpha value is -2.78. The Morgan fingerprint density at radius 2 is 1.96 bits per heavy atom. The Bertz CT molecular complexity index is 959. The Labute approximate surface area is 143 Å². The largest absolute Gasteiger partial charge is 0.497 e. The Morgan fingerprint density at radius 1 is 1.21 bits per heavy atom. The highest BCUT2D eigenvalue weighted by atomic mass is 32.2. The van der Waals surface area contributed by atoms with Crippen molar-refractivity contribution in [1.82, 2.24) is 9.55 Å². The first-order chi connectivity index (χ1) is 11.7. The van der Waals surface area contributed by atoms with E-state index < -0.39 is 0 Å². The smallest absolute Gasteiger partial charge is 0.266 e. The molecule has 0 fully saturated rings. The number of fused-ring (bicyclic) bond motifs is 1. The summed E-state index contributed by atoms with van der Waals surface area (Å²) in [4.78, 5) is 17.6. The molecule has 0 saturated heterocycles. The van der Waals surface area contributed by atoms with Crippen molar-refractivity contribution in [2.45, 2.75) is 11.6 Å². The van der Waals surface area contributed by atoms with Gasteiger partial charge in [-0.25, -0.2) is 4.98 Å². The lowest BCUT2D eigenvalue weighted by molar-refractivity contribution is 0.414. The van der Waals surface area contributed by atoms with Crippen LogP contribution in [0.25, 0.3) is 16.6 Å². The molecule has 0 N–H and O–H groups in total. The second kappa shape index (κ2) is 7.20. The van der Waals surface area contributed by atoms with E-state index in [4.69, 9.17) is 10.00 Å². The summed E-state index contributed by atoms with van der Waals surface area (Å²) in [5.74, 6) is 1.30. The van der Waals surface area contributed by atoms with E-state index >= 15 is 0 Å². The van der Waals surface area contributed by atoms with Gasteiger partial charge in [-0.1, -0.05) is 23.9 Å². The van der Waals surface area contributed by atoms with Crippen molar-refractivity contribution in [3.63, 3.8) is 0 Å². The SMILES string of the molecule is COc1ccc(-n2c(SCCC#N)nc3ccccc3c2=O)cc1. The second-order valence-corrected chi connectivity index (χ2v) is 6.07. The summed E-state index contributed by atoms with van der Waals surface area (Å²) in [5.41, 5.74) is 1.26. The van der Waals surface area contributed by atoms with Gasteiger partial charge in [0, 0.05) is 12.2 Å². The summed E-state index contributed by atoms with van der Waals surface area (Å²) in [6, 6.07) is 16.7. The van der Waals surface area contributed by atoms with Crippen LogP contribution in [0.4, 0.5) is 0 Å². The average Bonchev–Trinajstić information content (AvgIpc) is 2.62. The van der Waals surface area contributed by atoms with Crippen molar-refractivity contribution < 1.29 is 4.74 Å². The van der Waals surface area contributed by atoms with E-state index in [-0.39, 0.29) is 5.56 Å². The zero-order chi connectivity index (χ0) is 16.9. The lowest BCUT2D eigenvalue weighted by Gasteiger charge is -2.13. The van der Waals surface area contributed by atoms with Gasteiger partial charge in [-0.2, -0.15) is 5.26 Å². The summed E-state index contributed by atoms with van der Waals surface area (Å²) in [6.45, 7) is 0. The van der Waals surface area contributed by atoms with Gasteiger partial charge in [-0.05, 0) is 36.4 Å². The van der Waals surface area contributed by atoms with Gasteiger partial charge in [0.15, 0.2) is 5.16 Å². The molecule has 0 radical (unpaired) electrons. The van der Waals surface area contributed by atoms with Crippen LogP contribution in [0.2, 0.25) is 0 Å². The van der Waals surface area contributed by atoms with Crippen LogP contribution in [-0.2, 0) is 0 Å². The van der Waals surface area contributed by atoms with Crippen molar-refractivity contribution in [1.29, 1.82) is 5.26 Å². The quantitative estimate of drug-likeness (QED) is 0.405. The van der Waals surface area contributed by atoms with E-state index in [1.54, 1.807) is 29.9 Å². The fraction of sp³-hybridized carbons (Fsp3) is 0.167. The minimum absolute atomic E-state index is 0.120. The summed E-state index contributed by atoms with van der Waals surface area (Å²) < 4.78 is 6.76. The molecule has 6 heteroatoms. The maximum absolute atomic E-state index is 13.0. The molecule has 120 valence electrons. The Morgan fingerprint density at radius 3 is 2.67 bits per heavy atom. The standard InChI is InChI=1S/C18H15N3O2S/c1-23-14-9-7-13(8-10-14)21-17(22)15-5-2-3-6-16(15)20-18(21)24-12-4-11-19/h2-3,5-10H,4,12H2,1H3. The molecule has 3 rings (SSSR count).